The lowest BCUT2D eigenvalue weighted by Crippen LogP contribution is -2.58. The maximum atomic E-state index is 11.5. The molecule has 1 unspecified atom stereocenters. The number of hydrogen-bond acceptors (Lipinski definition) is 6. The van der Waals surface area contributed by atoms with Crippen molar-refractivity contribution in [3.63, 3.8) is 0 Å². The van der Waals surface area contributed by atoms with Gasteiger partial charge in [0.2, 0.25) is 0 Å². The minimum atomic E-state index is 0.0515. The number of thiocarbonyl (C=S) groups is 1. The highest BCUT2D eigenvalue weighted by molar-refractivity contribution is 7.80. The summed E-state index contributed by atoms with van der Waals surface area (Å²) in [7, 11) is 0. The lowest BCUT2D eigenvalue weighted by Gasteiger charge is -2.45. The summed E-state index contributed by atoms with van der Waals surface area (Å²) in [4.78, 5) is 20.6. The summed E-state index contributed by atoms with van der Waals surface area (Å²) < 4.78 is 0. The lowest BCUT2D eigenvalue weighted by molar-refractivity contribution is 0.101. The van der Waals surface area contributed by atoms with E-state index >= 15 is 0 Å². The van der Waals surface area contributed by atoms with Crippen molar-refractivity contribution in [1.29, 1.82) is 0 Å². The average Bonchev–Trinajstić information content (AvgIpc) is 2.93. The van der Waals surface area contributed by atoms with E-state index < -0.39 is 0 Å². The average molecular weight is 511 g/mol. The first-order valence-electron chi connectivity index (χ1n) is 12.5. The van der Waals surface area contributed by atoms with Crippen LogP contribution in [0.1, 0.15) is 31.1 Å². The SMILES string of the molecule is CC(=O)c1ccc(-c2ccc(N3CCN(C(=S)Nc4cccc5ncccc45)C(C(C)C)C3)nn2)cc1. The third-order valence-corrected chi connectivity index (χ3v) is 7.23. The monoisotopic (exact) mass is 510 g/mol. The molecule has 4 aromatic rings. The van der Waals surface area contributed by atoms with Crippen LogP contribution in [0.3, 0.4) is 0 Å². The molecule has 0 spiro atoms. The van der Waals surface area contributed by atoms with Crippen molar-refractivity contribution in [3.8, 4) is 11.3 Å². The van der Waals surface area contributed by atoms with Crippen LogP contribution in [-0.2, 0) is 0 Å². The topological polar surface area (TPSA) is 74.2 Å². The number of carbonyl (C=O) groups is 1. The maximum Gasteiger partial charge on any atom is 0.173 e. The van der Waals surface area contributed by atoms with Gasteiger partial charge < -0.3 is 15.1 Å². The van der Waals surface area contributed by atoms with Gasteiger partial charge in [0.1, 0.15) is 0 Å². The molecule has 7 nitrogen and oxygen atoms in total. The van der Waals surface area contributed by atoms with Gasteiger partial charge in [-0.2, -0.15) is 0 Å². The van der Waals surface area contributed by atoms with Crippen LogP contribution in [0.4, 0.5) is 11.5 Å². The van der Waals surface area contributed by atoms with Crippen LogP contribution in [0.2, 0.25) is 0 Å². The number of pyridine rings is 1. The standard InChI is InChI=1S/C29H30N6OS/c1-19(2)27-18-34(28-14-13-24(32-33-28)22-11-9-21(10-12-22)20(3)36)16-17-35(27)29(37)31-26-8-4-7-25-23(26)6-5-15-30-25/h4-15,19,27H,16-18H2,1-3H3,(H,31,37). The van der Waals surface area contributed by atoms with Gasteiger partial charge in [-0.3, -0.25) is 9.78 Å². The molecule has 1 N–H and O–H groups in total. The number of anilines is 2. The Hall–Kier alpha value is -3.91. The Bertz CT molecular complexity index is 1420. The highest BCUT2D eigenvalue weighted by Gasteiger charge is 2.31. The minimum absolute atomic E-state index is 0.0515. The molecule has 3 heterocycles. The van der Waals surface area contributed by atoms with Gasteiger partial charge in [-0.15, -0.1) is 10.2 Å². The number of ketones is 1. The quantitative estimate of drug-likeness (QED) is 0.281. The number of Topliss-reactive ketones (excluding diaryl/α,β-unsaturated/α-hetero) is 1. The number of carbonyl (C=O) groups excluding carboxylic acids is 1. The van der Waals surface area contributed by atoms with E-state index in [4.69, 9.17) is 12.2 Å². The highest BCUT2D eigenvalue weighted by Crippen LogP contribution is 2.26. The van der Waals surface area contributed by atoms with Crippen molar-refractivity contribution in [1.82, 2.24) is 20.1 Å². The van der Waals surface area contributed by atoms with Gasteiger partial charge in [0.25, 0.3) is 0 Å². The lowest BCUT2D eigenvalue weighted by atomic mass is 10.00. The molecular formula is C29H30N6OS. The second-order valence-corrected chi connectivity index (χ2v) is 10.1. The Kier molecular flexibility index (Phi) is 7.10. The molecule has 0 saturated carbocycles. The number of benzene rings is 2. The third kappa shape index (κ3) is 5.29. The molecule has 2 aromatic carbocycles. The van der Waals surface area contributed by atoms with Crippen LogP contribution in [-0.4, -0.2) is 56.7 Å². The molecule has 8 heteroatoms. The number of hydrogen-bond donors (Lipinski definition) is 1. The predicted octanol–water partition coefficient (Wildman–Crippen LogP) is 5.44. The first-order valence-corrected chi connectivity index (χ1v) is 12.9. The molecule has 1 fully saturated rings. The van der Waals surface area contributed by atoms with E-state index in [1.807, 2.05) is 60.7 Å². The Morgan fingerprint density at radius 2 is 1.81 bits per heavy atom. The van der Waals surface area contributed by atoms with E-state index in [2.05, 4.69) is 50.2 Å². The predicted molar refractivity (Wildman–Crippen MR) is 153 cm³/mol. The zero-order valence-electron chi connectivity index (χ0n) is 21.3. The molecular weight excluding hydrogens is 480 g/mol. The molecule has 2 aromatic heterocycles. The molecule has 188 valence electrons. The fourth-order valence-electron chi connectivity index (χ4n) is 4.76. The molecule has 1 aliphatic rings. The van der Waals surface area contributed by atoms with Crippen LogP contribution in [0, 0.1) is 5.92 Å². The third-order valence-electron chi connectivity index (χ3n) is 6.90. The molecule has 0 bridgehead atoms. The number of nitrogens with one attached hydrogen (secondary N) is 1. The second kappa shape index (κ2) is 10.6. The second-order valence-electron chi connectivity index (χ2n) is 9.67. The van der Waals surface area contributed by atoms with Gasteiger partial charge in [0.05, 0.1) is 17.3 Å². The molecule has 0 amide bonds. The molecule has 0 radical (unpaired) electrons. The van der Waals surface area contributed by atoms with Crippen molar-refractivity contribution in [3.05, 3.63) is 78.5 Å². The summed E-state index contributed by atoms with van der Waals surface area (Å²) in [5.74, 6) is 1.30. The fraction of sp³-hybridized carbons (Fsp3) is 0.276. The van der Waals surface area contributed by atoms with Crippen LogP contribution in [0.15, 0.2) is 72.9 Å². The first-order chi connectivity index (χ1) is 17.9. The smallest absolute Gasteiger partial charge is 0.173 e. The number of fused-ring (bicyclic) bond motifs is 1. The van der Waals surface area contributed by atoms with Crippen LogP contribution >= 0.6 is 12.2 Å². The van der Waals surface area contributed by atoms with Crippen molar-refractivity contribution in [2.45, 2.75) is 26.8 Å². The van der Waals surface area contributed by atoms with Gasteiger partial charge in [-0.1, -0.05) is 44.2 Å². The summed E-state index contributed by atoms with van der Waals surface area (Å²) in [6, 6.07) is 21.8. The zero-order valence-corrected chi connectivity index (χ0v) is 22.1. The van der Waals surface area contributed by atoms with Crippen LogP contribution < -0.4 is 10.2 Å². The highest BCUT2D eigenvalue weighted by atomic mass is 32.1. The van der Waals surface area contributed by atoms with Crippen LogP contribution in [0.25, 0.3) is 22.2 Å². The van der Waals surface area contributed by atoms with Crippen molar-refractivity contribution in [2.75, 3.05) is 29.9 Å². The molecule has 0 aliphatic carbocycles. The molecule has 1 saturated heterocycles. The first kappa shape index (κ1) is 24.8. The van der Waals surface area contributed by atoms with Gasteiger partial charge in [0, 0.05) is 48.0 Å². The molecule has 1 atom stereocenters. The normalized spacial score (nSPS) is 15.7. The fourth-order valence-corrected chi connectivity index (χ4v) is 5.10. The largest absolute Gasteiger partial charge is 0.351 e. The summed E-state index contributed by atoms with van der Waals surface area (Å²) in [6.07, 6.45) is 1.80. The minimum Gasteiger partial charge on any atom is -0.351 e. The van der Waals surface area contributed by atoms with Gasteiger partial charge >= 0.3 is 0 Å². The van der Waals surface area contributed by atoms with Gasteiger partial charge in [0.15, 0.2) is 16.7 Å². The van der Waals surface area contributed by atoms with E-state index in [1.54, 1.807) is 13.1 Å². The Labute approximate surface area is 222 Å². The van der Waals surface area contributed by atoms with Crippen molar-refractivity contribution in [2.24, 2.45) is 5.92 Å². The van der Waals surface area contributed by atoms with Crippen molar-refractivity contribution >= 4 is 45.5 Å². The Balaban J connectivity index is 1.29. The van der Waals surface area contributed by atoms with E-state index in [9.17, 15) is 4.79 Å². The number of nitrogens with zero attached hydrogens (tertiary/aromatic N) is 5. The Morgan fingerprint density at radius 3 is 2.51 bits per heavy atom. The summed E-state index contributed by atoms with van der Waals surface area (Å²) in [5.41, 5.74) is 4.33. The van der Waals surface area contributed by atoms with Crippen molar-refractivity contribution < 1.29 is 4.79 Å². The molecule has 37 heavy (non-hydrogen) atoms. The van der Waals surface area contributed by atoms with E-state index in [-0.39, 0.29) is 11.8 Å². The van der Waals surface area contributed by atoms with E-state index in [0.29, 0.717) is 11.5 Å². The van der Waals surface area contributed by atoms with Crippen LogP contribution in [0.5, 0.6) is 0 Å². The number of aromatic nitrogens is 3. The summed E-state index contributed by atoms with van der Waals surface area (Å²) >= 11 is 5.89. The van der Waals surface area contributed by atoms with E-state index in [1.165, 1.54) is 0 Å². The summed E-state index contributed by atoms with van der Waals surface area (Å²) in [5, 5.41) is 14.3. The van der Waals surface area contributed by atoms with E-state index in [0.717, 1.165) is 58.4 Å². The Morgan fingerprint density at radius 1 is 1.00 bits per heavy atom. The zero-order chi connectivity index (χ0) is 25.9. The van der Waals surface area contributed by atoms with Gasteiger partial charge in [-0.05, 0) is 61.5 Å². The molecule has 1 aliphatic heterocycles. The maximum absolute atomic E-state index is 11.5. The van der Waals surface area contributed by atoms with Gasteiger partial charge in [-0.25, -0.2) is 0 Å². The molecule has 5 rings (SSSR count). The summed E-state index contributed by atoms with van der Waals surface area (Å²) in [6.45, 7) is 8.41. The number of rotatable bonds is 5. The number of piperazine rings is 1.